The highest BCUT2D eigenvalue weighted by Crippen LogP contribution is 2.30. The Balaban J connectivity index is 2.37. The number of hydrogen-bond acceptors (Lipinski definition) is 6. The molecule has 0 amide bonds. The Morgan fingerprint density at radius 3 is 1.81 bits per heavy atom. The number of methoxy groups -OCH3 is 2. The van der Waals surface area contributed by atoms with E-state index in [-0.39, 0.29) is 22.4 Å². The lowest BCUT2D eigenvalue weighted by Crippen LogP contribution is -2.13. The number of benzene rings is 2. The zero-order valence-corrected chi connectivity index (χ0v) is 14.1. The van der Waals surface area contributed by atoms with Crippen molar-refractivity contribution in [3.63, 3.8) is 0 Å². The molecule has 0 bridgehead atoms. The third-order valence-corrected chi connectivity index (χ3v) is 3.38. The van der Waals surface area contributed by atoms with Gasteiger partial charge in [0.25, 0.3) is 0 Å². The van der Waals surface area contributed by atoms with Gasteiger partial charge in [-0.1, -0.05) is 6.07 Å². The van der Waals surface area contributed by atoms with E-state index in [9.17, 15) is 27.6 Å². The van der Waals surface area contributed by atoms with Gasteiger partial charge in [-0.05, 0) is 36.4 Å². The molecule has 0 aliphatic heterocycles. The minimum absolute atomic E-state index is 0.104. The monoisotopic (exact) mass is 382 g/mol. The maximum absolute atomic E-state index is 12.8. The Morgan fingerprint density at radius 2 is 1.33 bits per heavy atom. The van der Waals surface area contributed by atoms with E-state index in [1.165, 1.54) is 6.07 Å². The van der Waals surface area contributed by atoms with Gasteiger partial charge in [-0.15, -0.1) is 0 Å². The molecule has 0 radical (unpaired) electrons. The molecular weight excluding hydrogens is 369 g/mol. The van der Waals surface area contributed by atoms with Gasteiger partial charge in [-0.2, -0.15) is 13.2 Å². The number of carbonyl (C=O) groups is 3. The van der Waals surface area contributed by atoms with E-state index in [4.69, 9.17) is 4.74 Å². The topological polar surface area (TPSA) is 78.9 Å². The van der Waals surface area contributed by atoms with Crippen molar-refractivity contribution in [3.8, 4) is 5.75 Å². The first-order valence-electron chi connectivity index (χ1n) is 7.37. The fourth-order valence-corrected chi connectivity index (χ4v) is 2.12. The quantitative estimate of drug-likeness (QED) is 0.595. The van der Waals surface area contributed by atoms with Crippen molar-refractivity contribution in [1.29, 1.82) is 0 Å². The molecule has 0 aliphatic carbocycles. The van der Waals surface area contributed by atoms with Gasteiger partial charge in [-0.3, -0.25) is 0 Å². The van der Waals surface area contributed by atoms with Crippen molar-refractivity contribution in [2.75, 3.05) is 14.2 Å². The third-order valence-electron chi connectivity index (χ3n) is 3.38. The normalized spacial score (nSPS) is 10.9. The number of hydrogen-bond donors (Lipinski definition) is 0. The first-order valence-corrected chi connectivity index (χ1v) is 7.37. The van der Waals surface area contributed by atoms with Crippen LogP contribution in [0.1, 0.15) is 36.6 Å². The molecule has 0 aliphatic rings. The smallest absolute Gasteiger partial charge is 0.416 e. The van der Waals surface area contributed by atoms with Crippen LogP contribution in [0.25, 0.3) is 0 Å². The molecule has 0 aromatic heterocycles. The van der Waals surface area contributed by atoms with Crippen LogP contribution in [0.3, 0.4) is 0 Å². The lowest BCUT2D eigenvalue weighted by molar-refractivity contribution is -0.137. The van der Waals surface area contributed by atoms with Gasteiger partial charge in [0.2, 0.25) is 0 Å². The molecule has 6 nitrogen and oxygen atoms in total. The van der Waals surface area contributed by atoms with Crippen molar-refractivity contribution < 1.29 is 41.8 Å². The van der Waals surface area contributed by atoms with E-state index in [1.807, 2.05) is 0 Å². The molecule has 0 saturated carbocycles. The molecule has 9 heteroatoms. The summed E-state index contributed by atoms with van der Waals surface area (Å²) >= 11 is 0. The standard InChI is InChI=1S/C18H13F3O6/c1-25-15(22)11-6-12(16(23)26-2)9-14(8-11)27-17(24)10-4-3-5-13(7-10)18(19,20)21/h3-9H,1-2H3. The Bertz CT molecular complexity index is 855. The predicted octanol–water partition coefficient (Wildman–Crippen LogP) is 3.50. The van der Waals surface area contributed by atoms with E-state index in [1.54, 1.807) is 0 Å². The van der Waals surface area contributed by atoms with Crippen LogP contribution in [0.4, 0.5) is 13.2 Å². The second-order valence-electron chi connectivity index (χ2n) is 5.20. The average molecular weight is 382 g/mol. The van der Waals surface area contributed by atoms with E-state index < -0.39 is 29.6 Å². The Labute approximate surface area is 151 Å². The summed E-state index contributed by atoms with van der Waals surface area (Å²) in [6.07, 6.45) is -4.63. The van der Waals surface area contributed by atoms with E-state index >= 15 is 0 Å². The molecule has 0 atom stereocenters. The van der Waals surface area contributed by atoms with Crippen LogP contribution in [-0.4, -0.2) is 32.1 Å². The van der Waals surface area contributed by atoms with Crippen LogP contribution >= 0.6 is 0 Å². The summed E-state index contributed by atoms with van der Waals surface area (Å²) in [5, 5.41) is 0. The summed E-state index contributed by atoms with van der Waals surface area (Å²) in [6, 6.07) is 7.04. The Hall–Kier alpha value is -3.36. The van der Waals surface area contributed by atoms with Crippen molar-refractivity contribution >= 4 is 17.9 Å². The van der Waals surface area contributed by atoms with Crippen LogP contribution in [0.5, 0.6) is 5.75 Å². The highest BCUT2D eigenvalue weighted by Gasteiger charge is 2.31. The maximum Gasteiger partial charge on any atom is 0.416 e. The summed E-state index contributed by atoms with van der Waals surface area (Å²) in [5.41, 5.74) is -1.58. The van der Waals surface area contributed by atoms with Crippen LogP contribution in [-0.2, 0) is 15.7 Å². The van der Waals surface area contributed by atoms with E-state index in [0.29, 0.717) is 6.07 Å². The molecule has 2 aromatic rings. The number of halogens is 3. The summed E-state index contributed by atoms with van der Waals surface area (Å²) in [5.74, 6) is -2.95. The second kappa shape index (κ2) is 7.90. The van der Waals surface area contributed by atoms with Gasteiger partial charge in [-0.25, -0.2) is 14.4 Å². The fraction of sp³-hybridized carbons (Fsp3) is 0.167. The van der Waals surface area contributed by atoms with Gasteiger partial charge in [0.05, 0.1) is 36.5 Å². The highest BCUT2D eigenvalue weighted by atomic mass is 19.4. The molecule has 2 aromatic carbocycles. The lowest BCUT2D eigenvalue weighted by Gasteiger charge is -2.10. The predicted molar refractivity (Wildman–Crippen MR) is 85.5 cm³/mol. The average Bonchev–Trinajstić information content (AvgIpc) is 2.65. The maximum atomic E-state index is 12.8. The lowest BCUT2D eigenvalue weighted by atomic mass is 10.1. The highest BCUT2D eigenvalue weighted by molar-refractivity contribution is 5.97. The molecule has 0 N–H and O–H groups in total. The van der Waals surface area contributed by atoms with Crippen LogP contribution in [0.15, 0.2) is 42.5 Å². The molecule has 27 heavy (non-hydrogen) atoms. The van der Waals surface area contributed by atoms with Crippen molar-refractivity contribution in [1.82, 2.24) is 0 Å². The Morgan fingerprint density at radius 1 is 0.778 bits per heavy atom. The van der Waals surface area contributed by atoms with Crippen molar-refractivity contribution in [2.24, 2.45) is 0 Å². The molecule has 142 valence electrons. The van der Waals surface area contributed by atoms with Gasteiger partial charge in [0, 0.05) is 0 Å². The van der Waals surface area contributed by atoms with Gasteiger partial charge in [0.15, 0.2) is 0 Å². The molecular formula is C18H13F3O6. The van der Waals surface area contributed by atoms with Gasteiger partial charge >= 0.3 is 24.1 Å². The van der Waals surface area contributed by atoms with Gasteiger partial charge in [0.1, 0.15) is 5.75 Å². The number of alkyl halides is 3. The summed E-state index contributed by atoms with van der Waals surface area (Å²) < 4.78 is 52.4. The fourth-order valence-electron chi connectivity index (χ4n) is 2.12. The molecule has 0 spiro atoms. The largest absolute Gasteiger partial charge is 0.465 e. The summed E-state index contributed by atoms with van der Waals surface area (Å²) in [6.45, 7) is 0. The minimum atomic E-state index is -4.63. The minimum Gasteiger partial charge on any atom is -0.465 e. The van der Waals surface area contributed by atoms with Gasteiger partial charge < -0.3 is 14.2 Å². The first-order chi connectivity index (χ1) is 12.7. The van der Waals surface area contributed by atoms with E-state index in [0.717, 1.165) is 44.6 Å². The number of ether oxygens (including phenoxy) is 3. The second-order valence-corrected chi connectivity index (χ2v) is 5.20. The number of esters is 3. The van der Waals surface area contributed by atoms with Crippen LogP contribution in [0.2, 0.25) is 0 Å². The van der Waals surface area contributed by atoms with E-state index in [2.05, 4.69) is 9.47 Å². The zero-order chi connectivity index (χ0) is 20.2. The van der Waals surface area contributed by atoms with Crippen LogP contribution < -0.4 is 4.74 Å². The molecule has 0 unspecified atom stereocenters. The molecule has 0 saturated heterocycles. The van der Waals surface area contributed by atoms with Crippen molar-refractivity contribution in [2.45, 2.75) is 6.18 Å². The van der Waals surface area contributed by atoms with Crippen molar-refractivity contribution in [3.05, 3.63) is 64.7 Å². The van der Waals surface area contributed by atoms with Crippen LogP contribution in [0, 0.1) is 0 Å². The molecule has 0 heterocycles. The molecule has 2 rings (SSSR count). The zero-order valence-electron chi connectivity index (χ0n) is 14.1. The Kier molecular flexibility index (Phi) is 5.84. The first kappa shape index (κ1) is 20.0. The molecule has 0 fully saturated rings. The number of carbonyl (C=O) groups excluding carboxylic acids is 3. The summed E-state index contributed by atoms with van der Waals surface area (Å²) in [7, 11) is 2.23. The summed E-state index contributed by atoms with van der Waals surface area (Å²) in [4.78, 5) is 35.6. The third kappa shape index (κ3) is 4.84. The number of rotatable bonds is 4. The SMILES string of the molecule is COC(=O)c1cc(OC(=O)c2cccc(C(F)(F)F)c2)cc(C(=O)OC)c1.